The van der Waals surface area contributed by atoms with Crippen molar-refractivity contribution in [3.63, 3.8) is 0 Å². The Bertz CT molecular complexity index is 1080. The molecule has 0 fully saturated rings. The number of ether oxygens (including phenoxy) is 1. The van der Waals surface area contributed by atoms with Crippen LogP contribution in [0.2, 0.25) is 0 Å². The highest BCUT2D eigenvalue weighted by atomic mass is 32.2. The number of carbonyl (C=O) groups is 3. The van der Waals surface area contributed by atoms with Gasteiger partial charge in [-0.15, -0.1) is 0 Å². The van der Waals surface area contributed by atoms with Crippen molar-refractivity contribution in [2.24, 2.45) is 5.73 Å². The van der Waals surface area contributed by atoms with Crippen LogP contribution in [0.15, 0.2) is 57.2 Å². The van der Waals surface area contributed by atoms with E-state index in [0.717, 1.165) is 22.7 Å². The summed E-state index contributed by atoms with van der Waals surface area (Å²) in [6, 6.07) is 7.27. The lowest BCUT2D eigenvalue weighted by atomic mass is 9.82. The number of halogens is 1. The lowest BCUT2D eigenvalue weighted by molar-refractivity contribution is -0.135. The Labute approximate surface area is 176 Å². The van der Waals surface area contributed by atoms with E-state index in [1.54, 1.807) is 0 Å². The fourth-order valence-corrected chi connectivity index (χ4v) is 4.29. The predicted octanol–water partition coefficient (Wildman–Crippen LogP) is 1.55. The summed E-state index contributed by atoms with van der Waals surface area (Å²) in [5.41, 5.74) is 6.64. The van der Waals surface area contributed by atoms with E-state index in [0.29, 0.717) is 5.56 Å². The Morgan fingerprint density at radius 3 is 2.47 bits per heavy atom. The number of nitrogens with zero attached hydrogens (tertiary/aromatic N) is 3. The number of hydrogen-bond donors (Lipinski definition) is 1. The third kappa shape index (κ3) is 3.44. The van der Waals surface area contributed by atoms with Crippen LogP contribution in [0, 0.1) is 17.1 Å². The summed E-state index contributed by atoms with van der Waals surface area (Å²) >= 11 is 0.850. The number of thioether (sulfide) groups is 1. The molecule has 0 saturated heterocycles. The van der Waals surface area contributed by atoms with Gasteiger partial charge in [0.15, 0.2) is 0 Å². The molecular weight excluding hydrogens is 411 g/mol. The number of carbonyl (C=O) groups excluding carboxylic acids is 3. The second-order valence-corrected chi connectivity index (χ2v) is 7.62. The molecule has 2 aliphatic rings. The minimum absolute atomic E-state index is 0.0242. The third-order valence-corrected chi connectivity index (χ3v) is 5.66. The number of nitriles is 1. The van der Waals surface area contributed by atoms with Crippen LogP contribution >= 0.6 is 11.8 Å². The molecular formula is C20H17FN4O4S. The molecule has 2 amide bonds. The zero-order valence-corrected chi connectivity index (χ0v) is 17.1. The van der Waals surface area contributed by atoms with Crippen molar-refractivity contribution in [1.29, 1.82) is 5.26 Å². The normalized spacial score (nSPS) is 18.5. The number of amides is 2. The quantitative estimate of drug-likeness (QED) is 0.726. The molecule has 0 unspecified atom stereocenters. The summed E-state index contributed by atoms with van der Waals surface area (Å²) in [4.78, 5) is 40.3. The van der Waals surface area contributed by atoms with Crippen LogP contribution in [0.25, 0.3) is 0 Å². The zero-order chi connectivity index (χ0) is 22.2. The number of methoxy groups -OCH3 is 1. The second kappa shape index (κ2) is 8.04. The van der Waals surface area contributed by atoms with Crippen molar-refractivity contribution in [3.05, 3.63) is 68.6 Å². The highest BCUT2D eigenvalue weighted by Gasteiger charge is 2.44. The summed E-state index contributed by atoms with van der Waals surface area (Å²) in [6.45, 7) is 0. The summed E-state index contributed by atoms with van der Waals surface area (Å²) in [7, 11) is 4.20. The van der Waals surface area contributed by atoms with Crippen LogP contribution in [0.4, 0.5) is 4.39 Å². The van der Waals surface area contributed by atoms with Gasteiger partial charge < -0.3 is 15.4 Å². The van der Waals surface area contributed by atoms with Crippen molar-refractivity contribution in [2.45, 2.75) is 5.92 Å². The predicted molar refractivity (Wildman–Crippen MR) is 106 cm³/mol. The smallest absolute Gasteiger partial charge is 0.344 e. The Morgan fingerprint density at radius 2 is 1.93 bits per heavy atom. The van der Waals surface area contributed by atoms with Gasteiger partial charge in [0.2, 0.25) is 0 Å². The standard InChI is InChI=1S/C20H17FN4O4S/c1-24(2)18(27)16-15(10-4-6-11(21)7-5-10)12(9-22)17(23)25-14(26)8-13(20(28)29-3)30-19(16)25/h4-8,15H,23H2,1-3H3/t15-/m1/s1. The van der Waals surface area contributed by atoms with Crippen LogP contribution in [0.5, 0.6) is 0 Å². The maximum atomic E-state index is 13.5. The van der Waals surface area contributed by atoms with Gasteiger partial charge in [-0.1, -0.05) is 23.9 Å². The van der Waals surface area contributed by atoms with Gasteiger partial charge in [-0.05, 0) is 17.7 Å². The number of esters is 1. The molecule has 10 heteroatoms. The lowest BCUT2D eigenvalue weighted by Gasteiger charge is -2.37. The number of fused-ring (bicyclic) bond motifs is 1. The highest BCUT2D eigenvalue weighted by molar-refractivity contribution is 8.07. The van der Waals surface area contributed by atoms with Gasteiger partial charge in [-0.25, -0.2) is 9.18 Å². The molecule has 8 nitrogen and oxygen atoms in total. The molecule has 0 aliphatic carbocycles. The van der Waals surface area contributed by atoms with Crippen molar-refractivity contribution in [3.8, 4) is 6.07 Å². The van der Waals surface area contributed by atoms with Crippen LogP contribution in [-0.2, 0) is 19.1 Å². The van der Waals surface area contributed by atoms with E-state index in [-0.39, 0.29) is 26.9 Å². The SMILES string of the molecule is COC(=O)C1=CC(=O)N2C(N)=C(C#N)[C@@H](c3ccc(F)cc3)C(C(=O)N(C)C)=C2S1. The monoisotopic (exact) mass is 428 g/mol. The van der Waals surface area contributed by atoms with Gasteiger partial charge in [0, 0.05) is 20.2 Å². The van der Waals surface area contributed by atoms with E-state index in [2.05, 4.69) is 0 Å². The summed E-state index contributed by atoms with van der Waals surface area (Å²) in [5, 5.41) is 9.90. The fraction of sp³-hybridized carbons (Fsp3) is 0.200. The number of nitrogens with two attached hydrogens (primary N) is 1. The molecule has 0 saturated carbocycles. The summed E-state index contributed by atoms with van der Waals surface area (Å²) in [6.07, 6.45) is 1.04. The van der Waals surface area contributed by atoms with Crippen LogP contribution < -0.4 is 5.73 Å². The van der Waals surface area contributed by atoms with Gasteiger partial charge in [-0.2, -0.15) is 5.26 Å². The van der Waals surface area contributed by atoms with Crippen LogP contribution in [0.1, 0.15) is 11.5 Å². The van der Waals surface area contributed by atoms with Crippen molar-refractivity contribution < 1.29 is 23.5 Å². The van der Waals surface area contributed by atoms with Gasteiger partial charge in [0.1, 0.15) is 16.5 Å². The Balaban J connectivity index is 2.33. The third-order valence-electron chi connectivity index (χ3n) is 4.56. The maximum absolute atomic E-state index is 13.5. The number of rotatable bonds is 3. The molecule has 0 aromatic heterocycles. The average molecular weight is 428 g/mol. The molecule has 1 aromatic rings. The van der Waals surface area contributed by atoms with Crippen LogP contribution in [0.3, 0.4) is 0 Å². The molecule has 0 spiro atoms. The van der Waals surface area contributed by atoms with Gasteiger partial charge in [0.05, 0.1) is 35.3 Å². The summed E-state index contributed by atoms with van der Waals surface area (Å²) < 4.78 is 18.2. The van der Waals surface area contributed by atoms with E-state index in [4.69, 9.17) is 10.5 Å². The molecule has 0 bridgehead atoms. The maximum Gasteiger partial charge on any atom is 0.344 e. The molecule has 0 radical (unpaired) electrons. The second-order valence-electron chi connectivity index (χ2n) is 6.59. The Morgan fingerprint density at radius 1 is 1.30 bits per heavy atom. The molecule has 3 rings (SSSR count). The minimum atomic E-state index is -0.950. The van der Waals surface area contributed by atoms with Gasteiger partial charge >= 0.3 is 5.97 Å². The van der Waals surface area contributed by atoms with Crippen molar-refractivity contribution in [2.75, 3.05) is 21.2 Å². The van der Waals surface area contributed by atoms with E-state index < -0.39 is 29.5 Å². The van der Waals surface area contributed by atoms with Crippen molar-refractivity contribution >= 4 is 29.5 Å². The number of benzene rings is 1. The molecule has 2 aliphatic heterocycles. The first kappa shape index (κ1) is 21.1. The fourth-order valence-electron chi connectivity index (χ4n) is 3.16. The van der Waals surface area contributed by atoms with Gasteiger partial charge in [0.25, 0.3) is 11.8 Å². The molecule has 2 heterocycles. The molecule has 1 aromatic carbocycles. The molecule has 30 heavy (non-hydrogen) atoms. The summed E-state index contributed by atoms with van der Waals surface area (Å²) in [5.74, 6) is -3.52. The van der Waals surface area contributed by atoms with Gasteiger partial charge in [-0.3, -0.25) is 14.5 Å². The topological polar surface area (TPSA) is 117 Å². The largest absolute Gasteiger partial charge is 0.465 e. The van der Waals surface area contributed by atoms with E-state index in [9.17, 15) is 24.0 Å². The van der Waals surface area contributed by atoms with E-state index in [1.165, 1.54) is 50.4 Å². The van der Waals surface area contributed by atoms with Crippen LogP contribution in [-0.4, -0.2) is 48.8 Å². The highest BCUT2D eigenvalue weighted by Crippen LogP contribution is 2.48. The Hall–Kier alpha value is -3.58. The minimum Gasteiger partial charge on any atom is -0.465 e. The first-order valence-electron chi connectivity index (χ1n) is 8.64. The number of allylic oxidation sites excluding steroid dienone is 1. The lowest BCUT2D eigenvalue weighted by Crippen LogP contribution is -2.42. The number of likely N-dealkylation sites (N-methyl/N-ethyl adjacent to an activating group) is 1. The van der Waals surface area contributed by atoms with Crippen molar-refractivity contribution in [1.82, 2.24) is 9.80 Å². The zero-order valence-electron chi connectivity index (χ0n) is 16.3. The molecule has 2 N–H and O–H groups in total. The number of hydrogen-bond acceptors (Lipinski definition) is 7. The molecule has 154 valence electrons. The molecule has 1 atom stereocenters. The first-order chi connectivity index (χ1) is 14.2. The average Bonchev–Trinajstić information content (AvgIpc) is 2.72. The van der Waals surface area contributed by atoms with E-state index >= 15 is 0 Å². The van der Waals surface area contributed by atoms with E-state index in [1.807, 2.05) is 6.07 Å². The Kier molecular flexibility index (Phi) is 5.67. The first-order valence-corrected chi connectivity index (χ1v) is 9.45.